The lowest BCUT2D eigenvalue weighted by Gasteiger charge is -2.10. The lowest BCUT2D eigenvalue weighted by atomic mass is 10.2. The normalized spacial score (nSPS) is 12.4. The molecule has 0 heterocycles. The highest BCUT2D eigenvalue weighted by molar-refractivity contribution is 8.00. The molecule has 1 rings (SSSR count). The van der Waals surface area contributed by atoms with Gasteiger partial charge in [-0.3, -0.25) is 0 Å². The molecular weight excluding hydrogens is 369 g/mol. The fraction of sp³-hybridized carbons (Fsp3) is 0.300. The van der Waals surface area contributed by atoms with Crippen molar-refractivity contribution in [1.82, 2.24) is 4.72 Å². The number of hydrogen-bond acceptors (Lipinski definition) is 4. The molecule has 0 unspecified atom stereocenters. The summed E-state index contributed by atoms with van der Waals surface area (Å²) < 4.78 is 61.8. The average molecular weight is 379 g/mol. The largest absolute Gasteiger partial charge is 0.441 e. The Kier molecular flexibility index (Phi) is 6.29. The van der Waals surface area contributed by atoms with E-state index in [4.69, 9.17) is 29.6 Å². The number of hydrogen-bond donors (Lipinski definition) is 2. The van der Waals surface area contributed by atoms with Gasteiger partial charge in [0.2, 0.25) is 10.0 Å². The van der Waals surface area contributed by atoms with Gasteiger partial charge < -0.3 is 5.73 Å². The van der Waals surface area contributed by atoms with E-state index in [1.807, 2.05) is 4.72 Å². The van der Waals surface area contributed by atoms with Crippen LogP contribution in [0.1, 0.15) is 5.56 Å². The molecule has 11 heteroatoms. The van der Waals surface area contributed by atoms with Gasteiger partial charge in [-0.25, -0.2) is 13.1 Å². The molecule has 1 aromatic rings. The summed E-state index contributed by atoms with van der Waals surface area (Å²) >= 11 is 10.2. The van der Waals surface area contributed by atoms with Crippen LogP contribution < -0.4 is 10.5 Å². The van der Waals surface area contributed by atoms with Crippen LogP contribution in [0.2, 0.25) is 5.02 Å². The second-order valence-electron chi connectivity index (χ2n) is 3.70. The first kappa shape index (κ1) is 18.5. The molecule has 0 saturated heterocycles. The van der Waals surface area contributed by atoms with Gasteiger partial charge in [-0.15, -0.1) is 0 Å². The molecule has 0 bridgehead atoms. The molecule has 21 heavy (non-hydrogen) atoms. The van der Waals surface area contributed by atoms with Crippen molar-refractivity contribution >= 4 is 50.6 Å². The minimum absolute atomic E-state index is 0.0178. The monoisotopic (exact) mass is 378 g/mol. The lowest BCUT2D eigenvalue weighted by molar-refractivity contribution is -0.0327. The fourth-order valence-electron chi connectivity index (χ4n) is 1.28. The molecule has 0 aliphatic rings. The average Bonchev–Trinajstić information content (AvgIpc) is 2.33. The Morgan fingerprint density at radius 1 is 1.43 bits per heavy atom. The Balaban J connectivity index is 2.83. The van der Waals surface area contributed by atoms with E-state index in [0.717, 1.165) is 0 Å². The van der Waals surface area contributed by atoms with E-state index in [0.29, 0.717) is 5.56 Å². The predicted molar refractivity (Wildman–Crippen MR) is 81.0 cm³/mol. The summed E-state index contributed by atoms with van der Waals surface area (Å²) in [6.45, 7) is -0.389. The van der Waals surface area contributed by atoms with Crippen LogP contribution in [0.3, 0.4) is 0 Å². The number of rotatable bonds is 6. The quantitative estimate of drug-likeness (QED) is 0.588. The number of benzene rings is 1. The Bertz CT molecular complexity index is 635. The highest BCUT2D eigenvalue weighted by Gasteiger charge is 2.28. The first-order chi connectivity index (χ1) is 9.53. The van der Waals surface area contributed by atoms with Crippen LogP contribution in [0, 0.1) is 0 Å². The molecule has 0 saturated carbocycles. The molecule has 118 valence electrons. The van der Waals surface area contributed by atoms with E-state index < -0.39 is 21.3 Å². The summed E-state index contributed by atoms with van der Waals surface area (Å²) in [6.07, 6.45) is 0. The van der Waals surface area contributed by atoms with Gasteiger partial charge in [-0.2, -0.15) is 13.2 Å². The molecule has 0 radical (unpaired) electrons. The highest BCUT2D eigenvalue weighted by atomic mass is 35.5. The maximum Gasteiger partial charge on any atom is 0.441 e. The lowest BCUT2D eigenvalue weighted by Crippen LogP contribution is -2.27. The number of thiocarbonyl (C=S) groups is 1. The number of nitrogens with one attached hydrogen (secondary N) is 1. The standard InChI is InChI=1S/C10H10ClF3N2O2S3/c11-7-2-1-6(9(15)19)5-8(7)21(17,18)16-3-4-20-10(12,13)14/h1-2,5,16H,3-4H2,(H2,15,19). The van der Waals surface area contributed by atoms with Gasteiger partial charge in [0.05, 0.1) is 5.02 Å². The molecule has 0 amide bonds. The van der Waals surface area contributed by atoms with E-state index in [-0.39, 0.29) is 33.2 Å². The van der Waals surface area contributed by atoms with Crippen LogP contribution in [0.15, 0.2) is 23.1 Å². The van der Waals surface area contributed by atoms with Crippen LogP contribution in [-0.2, 0) is 10.0 Å². The van der Waals surface area contributed by atoms with E-state index in [1.165, 1.54) is 18.2 Å². The minimum Gasteiger partial charge on any atom is -0.389 e. The molecule has 0 fully saturated rings. The van der Waals surface area contributed by atoms with Crippen molar-refractivity contribution in [3.8, 4) is 0 Å². The summed E-state index contributed by atoms with van der Waals surface area (Å²) in [7, 11) is -4.04. The van der Waals surface area contributed by atoms with E-state index in [1.54, 1.807) is 0 Å². The zero-order valence-corrected chi connectivity index (χ0v) is 13.5. The predicted octanol–water partition coefficient (Wildman–Crippen LogP) is 2.51. The number of halogens is 4. The molecule has 3 N–H and O–H groups in total. The third-order valence-electron chi connectivity index (χ3n) is 2.17. The van der Waals surface area contributed by atoms with Gasteiger partial charge in [-0.1, -0.05) is 29.9 Å². The first-order valence-corrected chi connectivity index (χ1v) is 8.58. The summed E-state index contributed by atoms with van der Waals surface area (Å²) in [5.74, 6) is -0.449. The van der Waals surface area contributed by atoms with Gasteiger partial charge in [0.25, 0.3) is 0 Å². The van der Waals surface area contributed by atoms with Crippen LogP contribution in [0.25, 0.3) is 0 Å². The molecular formula is C10H10ClF3N2O2S3. The van der Waals surface area contributed by atoms with Crippen LogP contribution in [0.5, 0.6) is 0 Å². The van der Waals surface area contributed by atoms with Gasteiger partial charge in [0.1, 0.15) is 9.88 Å². The summed E-state index contributed by atoms with van der Waals surface area (Å²) in [4.78, 5) is -0.304. The second-order valence-corrected chi connectivity index (χ2v) is 7.44. The van der Waals surface area contributed by atoms with Gasteiger partial charge >= 0.3 is 5.51 Å². The Labute approximate surface area is 134 Å². The fourth-order valence-corrected chi connectivity index (χ4v) is 3.53. The number of thioether (sulfide) groups is 1. The summed E-state index contributed by atoms with van der Waals surface area (Å²) in [5, 5.41) is -0.0778. The zero-order valence-electron chi connectivity index (χ0n) is 10.3. The molecule has 1 aromatic carbocycles. The third kappa shape index (κ3) is 5.99. The van der Waals surface area contributed by atoms with Crippen molar-refractivity contribution in [2.75, 3.05) is 12.3 Å². The number of nitrogens with two attached hydrogens (primary N) is 1. The third-order valence-corrected chi connectivity index (χ3v) is 5.08. The molecule has 0 aromatic heterocycles. The van der Waals surface area contributed by atoms with Crippen molar-refractivity contribution in [2.24, 2.45) is 5.73 Å². The van der Waals surface area contributed by atoms with Crippen molar-refractivity contribution in [2.45, 2.75) is 10.4 Å². The maximum absolute atomic E-state index is 12.0. The van der Waals surface area contributed by atoms with Crippen LogP contribution in [-0.4, -0.2) is 31.2 Å². The molecule has 0 aliphatic carbocycles. The maximum atomic E-state index is 12.0. The van der Waals surface area contributed by atoms with Gasteiger partial charge in [-0.05, 0) is 23.9 Å². The second kappa shape index (κ2) is 7.14. The topological polar surface area (TPSA) is 72.2 Å². The summed E-state index contributed by atoms with van der Waals surface area (Å²) in [6, 6.07) is 3.92. The highest BCUT2D eigenvalue weighted by Crippen LogP contribution is 2.29. The molecule has 4 nitrogen and oxygen atoms in total. The molecule has 0 spiro atoms. The Hall–Kier alpha value is -0.550. The van der Waals surface area contributed by atoms with Crippen molar-refractivity contribution in [1.29, 1.82) is 0 Å². The number of alkyl halides is 3. The smallest absolute Gasteiger partial charge is 0.389 e. The van der Waals surface area contributed by atoms with Crippen molar-refractivity contribution < 1.29 is 21.6 Å². The van der Waals surface area contributed by atoms with E-state index >= 15 is 0 Å². The molecule has 0 aliphatic heterocycles. The molecule has 0 atom stereocenters. The van der Waals surface area contributed by atoms with E-state index in [9.17, 15) is 21.6 Å². The van der Waals surface area contributed by atoms with Crippen molar-refractivity contribution in [3.63, 3.8) is 0 Å². The van der Waals surface area contributed by atoms with Crippen LogP contribution in [0.4, 0.5) is 13.2 Å². The van der Waals surface area contributed by atoms with Gasteiger partial charge in [0.15, 0.2) is 0 Å². The van der Waals surface area contributed by atoms with Crippen LogP contribution >= 0.6 is 35.6 Å². The van der Waals surface area contributed by atoms with E-state index in [2.05, 4.69) is 0 Å². The first-order valence-electron chi connectivity index (χ1n) is 5.32. The number of sulfonamides is 1. The van der Waals surface area contributed by atoms with Crippen molar-refractivity contribution in [3.05, 3.63) is 28.8 Å². The Morgan fingerprint density at radius 2 is 2.05 bits per heavy atom. The minimum atomic E-state index is -4.41. The Morgan fingerprint density at radius 3 is 2.57 bits per heavy atom. The van der Waals surface area contributed by atoms with Gasteiger partial charge in [0, 0.05) is 17.9 Å². The SMILES string of the molecule is NC(=S)c1ccc(Cl)c(S(=O)(=O)NCCSC(F)(F)F)c1. The summed E-state index contributed by atoms with van der Waals surface area (Å²) in [5.41, 5.74) is 1.27. The zero-order chi connectivity index (χ0) is 16.3.